The van der Waals surface area contributed by atoms with Crippen molar-refractivity contribution in [2.24, 2.45) is 17.8 Å². The summed E-state index contributed by atoms with van der Waals surface area (Å²) in [6, 6.07) is 0. The second-order valence-electron chi connectivity index (χ2n) is 9.98. The molecular formula is C27H42O6. The van der Waals surface area contributed by atoms with Gasteiger partial charge in [-0.1, -0.05) is 26.0 Å². The van der Waals surface area contributed by atoms with Crippen molar-refractivity contribution < 1.29 is 28.8 Å². The van der Waals surface area contributed by atoms with Gasteiger partial charge in [-0.05, 0) is 50.4 Å². The Morgan fingerprint density at radius 2 is 1.79 bits per heavy atom. The third-order valence-corrected chi connectivity index (χ3v) is 7.39. The molecule has 1 aliphatic carbocycles. The summed E-state index contributed by atoms with van der Waals surface area (Å²) < 4.78 is 30.4. The summed E-state index contributed by atoms with van der Waals surface area (Å²) in [4.78, 5) is 0. The van der Waals surface area contributed by atoms with E-state index in [1.54, 1.807) is 0 Å². The van der Waals surface area contributed by atoms with E-state index >= 15 is 0 Å². The smallest absolute Gasteiger partial charge is 0.158 e. The highest BCUT2D eigenvalue weighted by atomic mass is 16.7. The second-order valence-corrected chi connectivity index (χ2v) is 9.98. The zero-order valence-electron chi connectivity index (χ0n) is 20.3. The Morgan fingerprint density at radius 1 is 1.03 bits per heavy atom. The first-order valence-electron chi connectivity index (χ1n) is 13.2. The molecule has 186 valence electrons. The van der Waals surface area contributed by atoms with Crippen LogP contribution in [0.15, 0.2) is 12.2 Å². The molecule has 4 aliphatic rings. The minimum Gasteiger partial charge on any atom is -0.368 e. The molecule has 1 saturated carbocycles. The highest BCUT2D eigenvalue weighted by Gasteiger charge is 2.49. The van der Waals surface area contributed by atoms with E-state index < -0.39 is 6.29 Å². The van der Waals surface area contributed by atoms with E-state index in [-0.39, 0.29) is 48.6 Å². The van der Waals surface area contributed by atoms with E-state index in [4.69, 9.17) is 23.7 Å². The maximum absolute atomic E-state index is 10.1. The largest absolute Gasteiger partial charge is 0.368 e. The monoisotopic (exact) mass is 462 g/mol. The molecule has 9 atom stereocenters. The number of hydrogen-bond acceptors (Lipinski definition) is 6. The number of fused-ring (bicyclic) bond motifs is 1. The summed E-state index contributed by atoms with van der Waals surface area (Å²) in [5.74, 6) is 7.16. The number of aliphatic hydroxyl groups is 1. The van der Waals surface area contributed by atoms with Crippen LogP contribution in [0.2, 0.25) is 0 Å². The van der Waals surface area contributed by atoms with Crippen LogP contribution in [-0.4, -0.2) is 55.5 Å². The minimum atomic E-state index is -0.672. The quantitative estimate of drug-likeness (QED) is 0.422. The molecule has 4 rings (SSSR count). The third kappa shape index (κ3) is 7.04. The molecule has 33 heavy (non-hydrogen) atoms. The number of ether oxygens (including phenoxy) is 5. The molecule has 1 N–H and O–H groups in total. The fourth-order valence-corrected chi connectivity index (χ4v) is 5.54. The van der Waals surface area contributed by atoms with Gasteiger partial charge in [0.25, 0.3) is 0 Å². The van der Waals surface area contributed by atoms with Gasteiger partial charge in [0.15, 0.2) is 18.9 Å². The van der Waals surface area contributed by atoms with Gasteiger partial charge in [-0.3, -0.25) is 0 Å². The molecule has 0 aromatic heterocycles. The predicted molar refractivity (Wildman–Crippen MR) is 125 cm³/mol. The standard InChI is InChI=1S/C27H42O6/c1-3-4-5-10-19(2)22(32-26-11-6-8-15-29-26)14-13-20-21-17-25(28)31-24(21)18-23(20)33-27-12-7-9-16-30-27/h13-14,19-28H,3,6-12,15-18H2,1-2H3/b14-13+/t19?,20-,21-,22-,23-,24+,25?,26?,27?/m1/s1. The lowest BCUT2D eigenvalue weighted by Crippen LogP contribution is -2.32. The maximum Gasteiger partial charge on any atom is 0.158 e. The highest BCUT2D eigenvalue weighted by Crippen LogP contribution is 2.45. The van der Waals surface area contributed by atoms with Gasteiger partial charge in [0.1, 0.15) is 0 Å². The Kier molecular flexibility index (Phi) is 9.66. The fourth-order valence-electron chi connectivity index (χ4n) is 5.54. The number of aliphatic hydroxyl groups excluding tert-OH is 1. The van der Waals surface area contributed by atoms with E-state index in [1.807, 2.05) is 0 Å². The highest BCUT2D eigenvalue weighted by molar-refractivity contribution is 5.09. The summed E-state index contributed by atoms with van der Waals surface area (Å²) in [7, 11) is 0. The van der Waals surface area contributed by atoms with Crippen LogP contribution in [-0.2, 0) is 23.7 Å². The van der Waals surface area contributed by atoms with Crippen LogP contribution in [0, 0.1) is 29.6 Å². The van der Waals surface area contributed by atoms with Crippen molar-refractivity contribution in [2.45, 2.75) is 115 Å². The topological polar surface area (TPSA) is 66.4 Å². The molecule has 0 spiro atoms. The van der Waals surface area contributed by atoms with Crippen LogP contribution in [0.4, 0.5) is 0 Å². The third-order valence-electron chi connectivity index (χ3n) is 7.39. The first-order chi connectivity index (χ1) is 16.1. The van der Waals surface area contributed by atoms with Gasteiger partial charge in [-0.15, -0.1) is 11.8 Å². The molecule has 3 heterocycles. The normalized spacial score (nSPS) is 38.6. The van der Waals surface area contributed by atoms with Crippen molar-refractivity contribution in [3.05, 3.63) is 12.2 Å². The second kappa shape index (κ2) is 12.7. The molecule has 4 fully saturated rings. The van der Waals surface area contributed by atoms with Crippen molar-refractivity contribution in [2.75, 3.05) is 13.2 Å². The summed E-state index contributed by atoms with van der Waals surface area (Å²) in [6.45, 7) is 5.82. The van der Waals surface area contributed by atoms with Crippen molar-refractivity contribution >= 4 is 0 Å². The molecule has 6 heteroatoms. The van der Waals surface area contributed by atoms with Gasteiger partial charge >= 0.3 is 0 Å². The van der Waals surface area contributed by atoms with Crippen molar-refractivity contribution in [1.29, 1.82) is 0 Å². The fraction of sp³-hybridized carbons (Fsp3) is 0.852. The Morgan fingerprint density at radius 3 is 2.48 bits per heavy atom. The molecule has 6 nitrogen and oxygen atoms in total. The Balaban J connectivity index is 1.46. The molecular weight excluding hydrogens is 420 g/mol. The van der Waals surface area contributed by atoms with E-state index in [2.05, 4.69) is 37.8 Å². The molecule has 0 aromatic rings. The molecule has 0 aromatic carbocycles. The van der Waals surface area contributed by atoms with Gasteiger partial charge < -0.3 is 28.8 Å². The molecule has 4 unspecified atom stereocenters. The summed E-state index contributed by atoms with van der Waals surface area (Å²) >= 11 is 0. The van der Waals surface area contributed by atoms with Crippen molar-refractivity contribution in [3.63, 3.8) is 0 Å². The first-order valence-corrected chi connectivity index (χ1v) is 13.2. The summed E-state index contributed by atoms with van der Waals surface area (Å²) in [5, 5.41) is 10.1. The van der Waals surface area contributed by atoms with Gasteiger partial charge in [0.05, 0.1) is 18.3 Å². The minimum absolute atomic E-state index is 0.0358. The first kappa shape index (κ1) is 25.2. The molecule has 3 saturated heterocycles. The molecule has 0 amide bonds. The lowest BCUT2D eigenvalue weighted by molar-refractivity contribution is -0.196. The number of rotatable bonds is 8. The molecule has 0 bridgehead atoms. The van der Waals surface area contributed by atoms with Gasteiger partial charge in [0, 0.05) is 44.8 Å². The lowest BCUT2D eigenvalue weighted by atomic mass is 9.90. The van der Waals surface area contributed by atoms with Crippen LogP contribution >= 0.6 is 0 Å². The van der Waals surface area contributed by atoms with Gasteiger partial charge in [0.2, 0.25) is 0 Å². The predicted octanol–water partition coefficient (Wildman–Crippen LogP) is 4.55. The van der Waals surface area contributed by atoms with Crippen LogP contribution < -0.4 is 0 Å². The Labute approximate surface area is 199 Å². The van der Waals surface area contributed by atoms with E-state index in [1.165, 1.54) is 0 Å². The average molecular weight is 463 g/mol. The van der Waals surface area contributed by atoms with Gasteiger partial charge in [-0.2, -0.15) is 0 Å². The van der Waals surface area contributed by atoms with Crippen LogP contribution in [0.25, 0.3) is 0 Å². The SMILES string of the molecule is CCC#CCC(C)[C@@H](/C=C/[C@@H]1[C@H]2CC(O)O[C@H]2C[C@H]1OC1CCCCO1)OC1CCCCO1. The zero-order valence-corrected chi connectivity index (χ0v) is 20.3. The maximum atomic E-state index is 10.1. The lowest BCUT2D eigenvalue weighted by Gasteiger charge is -2.31. The number of hydrogen-bond donors (Lipinski definition) is 1. The van der Waals surface area contributed by atoms with E-state index in [0.717, 1.165) is 71.0 Å². The summed E-state index contributed by atoms with van der Waals surface area (Å²) in [6.07, 6.45) is 13.0. The van der Waals surface area contributed by atoms with Crippen LogP contribution in [0.1, 0.15) is 78.1 Å². The van der Waals surface area contributed by atoms with E-state index in [0.29, 0.717) is 6.42 Å². The van der Waals surface area contributed by atoms with Crippen LogP contribution in [0.5, 0.6) is 0 Å². The Bertz CT molecular complexity index is 672. The summed E-state index contributed by atoms with van der Waals surface area (Å²) in [5.41, 5.74) is 0. The Hall–Kier alpha value is -0.940. The average Bonchev–Trinajstić information content (AvgIpc) is 3.33. The molecule has 3 aliphatic heterocycles. The zero-order chi connectivity index (χ0) is 23.0. The van der Waals surface area contributed by atoms with E-state index in [9.17, 15) is 5.11 Å². The van der Waals surface area contributed by atoms with Gasteiger partial charge in [-0.25, -0.2) is 0 Å². The van der Waals surface area contributed by atoms with Crippen molar-refractivity contribution in [3.8, 4) is 11.8 Å². The molecule has 0 radical (unpaired) electrons. The van der Waals surface area contributed by atoms with Crippen LogP contribution in [0.3, 0.4) is 0 Å². The van der Waals surface area contributed by atoms with Crippen molar-refractivity contribution in [1.82, 2.24) is 0 Å².